The van der Waals surface area contributed by atoms with Crippen LogP contribution in [0, 0.1) is 0 Å². The van der Waals surface area contributed by atoms with Crippen LogP contribution in [0.15, 0.2) is 23.1 Å². The molecule has 0 aromatic heterocycles. The maximum atomic E-state index is 10.5. The molecule has 2 N–H and O–H groups in total. The van der Waals surface area contributed by atoms with Gasteiger partial charge in [-0.25, -0.2) is 0 Å². The molecule has 13 heavy (non-hydrogen) atoms. The van der Waals surface area contributed by atoms with Crippen molar-refractivity contribution < 1.29 is 9.90 Å². The minimum absolute atomic E-state index is 0.109. The molecule has 1 unspecified atom stereocenters. The maximum Gasteiger partial charge on any atom is 0.143 e. The average Bonchev–Trinajstić information content (AvgIpc) is 2.17. The highest BCUT2D eigenvalue weighted by Gasteiger charge is 2.17. The predicted octanol–water partition coefficient (Wildman–Crippen LogP) is 1.48. The van der Waals surface area contributed by atoms with E-state index in [9.17, 15) is 9.90 Å². The van der Waals surface area contributed by atoms with Crippen LogP contribution in [0.4, 0.5) is 5.69 Å². The SMILES string of the molecule is O=CC1CSc2cc(O)ccc2N1. The number of benzene rings is 1. The van der Waals surface area contributed by atoms with Gasteiger partial charge in [-0.2, -0.15) is 0 Å². The zero-order chi connectivity index (χ0) is 9.26. The van der Waals surface area contributed by atoms with Gasteiger partial charge in [-0.15, -0.1) is 11.8 Å². The molecule has 0 fully saturated rings. The van der Waals surface area contributed by atoms with Crippen LogP contribution in [0.2, 0.25) is 0 Å². The zero-order valence-electron chi connectivity index (χ0n) is 6.86. The van der Waals surface area contributed by atoms with E-state index in [-0.39, 0.29) is 11.8 Å². The first-order valence-corrected chi connectivity index (χ1v) is 4.96. The largest absolute Gasteiger partial charge is 0.508 e. The fourth-order valence-corrected chi connectivity index (χ4v) is 2.25. The fraction of sp³-hybridized carbons (Fsp3) is 0.222. The summed E-state index contributed by atoms with van der Waals surface area (Å²) < 4.78 is 0. The van der Waals surface area contributed by atoms with E-state index >= 15 is 0 Å². The summed E-state index contributed by atoms with van der Waals surface area (Å²) in [6, 6.07) is 4.99. The van der Waals surface area contributed by atoms with Gasteiger partial charge in [0, 0.05) is 16.3 Å². The minimum atomic E-state index is -0.109. The number of aromatic hydroxyl groups is 1. The number of hydrogen-bond acceptors (Lipinski definition) is 4. The molecule has 3 nitrogen and oxygen atoms in total. The van der Waals surface area contributed by atoms with Crippen LogP contribution in [0.1, 0.15) is 0 Å². The van der Waals surface area contributed by atoms with E-state index in [2.05, 4.69) is 5.32 Å². The van der Waals surface area contributed by atoms with Gasteiger partial charge >= 0.3 is 0 Å². The predicted molar refractivity (Wildman–Crippen MR) is 52.3 cm³/mol. The lowest BCUT2D eigenvalue weighted by molar-refractivity contribution is -0.108. The second-order valence-corrected chi connectivity index (χ2v) is 3.94. The van der Waals surface area contributed by atoms with Gasteiger partial charge in [0.05, 0.1) is 6.04 Å². The number of carbonyl (C=O) groups is 1. The third-order valence-electron chi connectivity index (χ3n) is 1.89. The molecule has 0 saturated carbocycles. The number of phenolic OH excluding ortho intramolecular Hbond substituents is 1. The standard InChI is InChI=1S/C9H9NO2S/c11-4-6-5-13-9-3-7(12)1-2-8(9)10-6/h1-4,6,10,12H,5H2. The first-order chi connectivity index (χ1) is 6.29. The Morgan fingerprint density at radius 1 is 1.62 bits per heavy atom. The Morgan fingerprint density at radius 2 is 2.46 bits per heavy atom. The highest BCUT2D eigenvalue weighted by atomic mass is 32.2. The van der Waals surface area contributed by atoms with Gasteiger partial charge in [0.2, 0.25) is 0 Å². The van der Waals surface area contributed by atoms with Crippen LogP contribution in [0.25, 0.3) is 0 Å². The fourth-order valence-electron chi connectivity index (χ4n) is 1.24. The lowest BCUT2D eigenvalue weighted by atomic mass is 10.2. The quantitative estimate of drug-likeness (QED) is 0.526. The van der Waals surface area contributed by atoms with Crippen molar-refractivity contribution in [2.24, 2.45) is 0 Å². The molecular formula is C9H9NO2S. The Hall–Kier alpha value is -1.16. The van der Waals surface area contributed by atoms with Crippen LogP contribution in [0.3, 0.4) is 0 Å². The highest BCUT2D eigenvalue weighted by Crippen LogP contribution is 2.34. The van der Waals surface area contributed by atoms with E-state index in [4.69, 9.17) is 0 Å². The molecule has 1 heterocycles. The normalized spacial score (nSPS) is 20.2. The molecule has 1 atom stereocenters. The van der Waals surface area contributed by atoms with Gasteiger partial charge in [-0.05, 0) is 18.2 Å². The van der Waals surface area contributed by atoms with Crippen molar-refractivity contribution in [2.75, 3.05) is 11.1 Å². The Labute approximate surface area is 80.1 Å². The van der Waals surface area contributed by atoms with Crippen molar-refractivity contribution in [3.63, 3.8) is 0 Å². The molecule has 0 aliphatic carbocycles. The van der Waals surface area contributed by atoms with E-state index in [0.717, 1.165) is 22.6 Å². The molecule has 68 valence electrons. The summed E-state index contributed by atoms with van der Waals surface area (Å²) in [5.41, 5.74) is 0.922. The van der Waals surface area contributed by atoms with E-state index in [0.29, 0.717) is 0 Å². The van der Waals surface area contributed by atoms with Crippen molar-refractivity contribution in [1.29, 1.82) is 0 Å². The number of aldehydes is 1. The van der Waals surface area contributed by atoms with Crippen LogP contribution in [-0.2, 0) is 4.79 Å². The molecule has 0 saturated heterocycles. The van der Waals surface area contributed by atoms with Crippen LogP contribution >= 0.6 is 11.8 Å². The van der Waals surface area contributed by atoms with E-state index in [1.807, 2.05) is 0 Å². The lowest BCUT2D eigenvalue weighted by Gasteiger charge is -2.22. The van der Waals surface area contributed by atoms with Crippen LogP contribution in [-0.4, -0.2) is 23.2 Å². The average molecular weight is 195 g/mol. The smallest absolute Gasteiger partial charge is 0.143 e. The van der Waals surface area contributed by atoms with Crippen LogP contribution in [0.5, 0.6) is 5.75 Å². The van der Waals surface area contributed by atoms with Crippen molar-refractivity contribution >= 4 is 23.7 Å². The molecule has 1 aromatic carbocycles. The molecule has 0 spiro atoms. The van der Waals surface area contributed by atoms with Crippen LogP contribution < -0.4 is 5.32 Å². The summed E-state index contributed by atoms with van der Waals surface area (Å²) in [5, 5.41) is 12.3. The Bertz CT molecular complexity index is 340. The number of carbonyl (C=O) groups excluding carboxylic acids is 1. The molecule has 2 rings (SSSR count). The number of thioether (sulfide) groups is 1. The number of phenols is 1. The van der Waals surface area contributed by atoms with E-state index in [1.165, 1.54) is 0 Å². The van der Waals surface area contributed by atoms with Gasteiger partial charge in [-0.3, -0.25) is 0 Å². The van der Waals surface area contributed by atoms with Crippen molar-refractivity contribution in [2.45, 2.75) is 10.9 Å². The first-order valence-electron chi connectivity index (χ1n) is 3.97. The monoisotopic (exact) mass is 195 g/mol. The molecule has 1 aliphatic rings. The van der Waals surface area contributed by atoms with Gasteiger partial charge in [0.25, 0.3) is 0 Å². The molecule has 0 bridgehead atoms. The first kappa shape index (κ1) is 8.44. The van der Waals surface area contributed by atoms with E-state index < -0.39 is 0 Å². The summed E-state index contributed by atoms with van der Waals surface area (Å²) in [6.45, 7) is 0. The number of rotatable bonds is 1. The summed E-state index contributed by atoms with van der Waals surface area (Å²) in [4.78, 5) is 11.5. The lowest BCUT2D eigenvalue weighted by Crippen LogP contribution is -2.26. The summed E-state index contributed by atoms with van der Waals surface area (Å²) >= 11 is 1.58. The molecule has 1 aromatic rings. The maximum absolute atomic E-state index is 10.5. The third-order valence-corrected chi connectivity index (χ3v) is 3.06. The van der Waals surface area contributed by atoms with Crippen molar-refractivity contribution in [3.8, 4) is 5.75 Å². The molecule has 0 radical (unpaired) electrons. The number of nitrogens with one attached hydrogen (secondary N) is 1. The highest BCUT2D eigenvalue weighted by molar-refractivity contribution is 7.99. The second kappa shape index (κ2) is 3.30. The number of fused-ring (bicyclic) bond motifs is 1. The second-order valence-electron chi connectivity index (χ2n) is 2.88. The summed E-state index contributed by atoms with van der Waals surface area (Å²) in [7, 11) is 0. The van der Waals surface area contributed by atoms with Crippen molar-refractivity contribution in [3.05, 3.63) is 18.2 Å². The Kier molecular flexibility index (Phi) is 2.14. The number of hydrogen-bond donors (Lipinski definition) is 2. The van der Waals surface area contributed by atoms with Gasteiger partial charge in [-0.1, -0.05) is 0 Å². The number of anilines is 1. The minimum Gasteiger partial charge on any atom is -0.508 e. The van der Waals surface area contributed by atoms with Gasteiger partial charge in [0.15, 0.2) is 0 Å². The van der Waals surface area contributed by atoms with Gasteiger partial charge < -0.3 is 15.2 Å². The molecule has 0 amide bonds. The van der Waals surface area contributed by atoms with Gasteiger partial charge in [0.1, 0.15) is 12.0 Å². The summed E-state index contributed by atoms with van der Waals surface area (Å²) in [5.74, 6) is 0.984. The summed E-state index contributed by atoms with van der Waals surface area (Å²) in [6.07, 6.45) is 0.906. The molecule has 1 aliphatic heterocycles. The van der Waals surface area contributed by atoms with E-state index in [1.54, 1.807) is 30.0 Å². The Morgan fingerprint density at radius 3 is 3.23 bits per heavy atom. The molecule has 4 heteroatoms. The molecular weight excluding hydrogens is 186 g/mol. The zero-order valence-corrected chi connectivity index (χ0v) is 7.67. The van der Waals surface area contributed by atoms with Crippen molar-refractivity contribution in [1.82, 2.24) is 0 Å². The third kappa shape index (κ3) is 1.62. The Balaban J connectivity index is 2.31. The topological polar surface area (TPSA) is 49.3 Å².